The minimum absolute atomic E-state index is 0.301. The normalized spacial score (nSPS) is 38.4. The lowest BCUT2D eigenvalue weighted by Crippen LogP contribution is -2.40. The fourth-order valence-corrected chi connectivity index (χ4v) is 2.59. The van der Waals surface area contributed by atoms with Crippen molar-refractivity contribution in [1.29, 1.82) is 0 Å². The summed E-state index contributed by atoms with van der Waals surface area (Å²) >= 11 is 0. The molecular formula is C11H17NO. The fourth-order valence-electron chi connectivity index (χ4n) is 2.59. The van der Waals surface area contributed by atoms with E-state index in [1.54, 1.807) is 6.08 Å². The van der Waals surface area contributed by atoms with Crippen LogP contribution in [0.2, 0.25) is 0 Å². The number of carbonyl (C=O) groups excluding carboxylic acids is 1. The van der Waals surface area contributed by atoms with Gasteiger partial charge in [-0.05, 0) is 38.7 Å². The molecule has 2 rings (SSSR count). The molecule has 0 radical (unpaired) electrons. The number of fused-ring (bicyclic) bond motifs is 2. The van der Waals surface area contributed by atoms with Crippen molar-refractivity contribution < 1.29 is 4.79 Å². The summed E-state index contributed by atoms with van der Waals surface area (Å²) in [6, 6.07) is 1.25. The van der Waals surface area contributed by atoms with Crippen LogP contribution in [0.4, 0.5) is 0 Å². The van der Waals surface area contributed by atoms with E-state index < -0.39 is 0 Å². The van der Waals surface area contributed by atoms with Crippen molar-refractivity contribution in [3.05, 3.63) is 12.2 Å². The van der Waals surface area contributed by atoms with E-state index in [1.807, 2.05) is 13.0 Å². The molecule has 2 aliphatic rings. The molecule has 2 aliphatic heterocycles. The average molecular weight is 179 g/mol. The summed E-state index contributed by atoms with van der Waals surface area (Å²) in [4.78, 5) is 11.6. The monoisotopic (exact) mass is 179 g/mol. The molecular weight excluding hydrogens is 162 g/mol. The van der Waals surface area contributed by atoms with E-state index in [0.29, 0.717) is 23.8 Å². The van der Waals surface area contributed by atoms with E-state index in [-0.39, 0.29) is 0 Å². The molecule has 2 nitrogen and oxygen atoms in total. The first kappa shape index (κ1) is 8.95. The van der Waals surface area contributed by atoms with Crippen LogP contribution in [-0.4, -0.2) is 17.9 Å². The number of rotatable bonds is 2. The molecule has 2 heterocycles. The number of piperidine rings is 1. The molecule has 1 N–H and O–H groups in total. The Hall–Kier alpha value is -0.630. The van der Waals surface area contributed by atoms with Crippen LogP contribution in [0.15, 0.2) is 12.2 Å². The van der Waals surface area contributed by atoms with Crippen molar-refractivity contribution >= 4 is 5.78 Å². The van der Waals surface area contributed by atoms with E-state index >= 15 is 0 Å². The van der Waals surface area contributed by atoms with E-state index in [4.69, 9.17) is 0 Å². The van der Waals surface area contributed by atoms with Gasteiger partial charge >= 0.3 is 0 Å². The van der Waals surface area contributed by atoms with Crippen LogP contribution in [-0.2, 0) is 4.79 Å². The number of hydrogen-bond acceptors (Lipinski definition) is 2. The van der Waals surface area contributed by atoms with Gasteiger partial charge in [0.2, 0.25) is 0 Å². The largest absolute Gasteiger partial charge is 0.311 e. The number of nitrogens with one attached hydrogen (secondary N) is 1. The maximum absolute atomic E-state index is 11.6. The highest BCUT2D eigenvalue weighted by atomic mass is 16.1. The van der Waals surface area contributed by atoms with Gasteiger partial charge in [0.1, 0.15) is 0 Å². The third kappa shape index (κ3) is 1.83. The Morgan fingerprint density at radius 1 is 1.31 bits per heavy atom. The van der Waals surface area contributed by atoms with E-state index in [2.05, 4.69) is 5.32 Å². The lowest BCUT2D eigenvalue weighted by atomic mass is 9.89. The smallest absolute Gasteiger partial charge is 0.158 e. The molecule has 2 saturated heterocycles. The summed E-state index contributed by atoms with van der Waals surface area (Å²) in [5, 5.41) is 3.54. The third-order valence-electron chi connectivity index (χ3n) is 3.21. The second-order valence-corrected chi connectivity index (χ2v) is 4.21. The summed E-state index contributed by atoms with van der Waals surface area (Å²) in [7, 11) is 0. The van der Waals surface area contributed by atoms with E-state index in [0.717, 1.165) is 12.8 Å². The minimum Gasteiger partial charge on any atom is -0.311 e. The molecule has 0 saturated carbocycles. The number of ketones is 1. The van der Waals surface area contributed by atoms with E-state index in [1.165, 1.54) is 12.8 Å². The van der Waals surface area contributed by atoms with Crippen molar-refractivity contribution in [2.75, 3.05) is 0 Å². The highest BCUT2D eigenvalue weighted by Crippen LogP contribution is 2.31. The minimum atomic E-state index is 0.301. The first-order chi connectivity index (χ1) is 6.29. The predicted octanol–water partition coefficient (Wildman–Crippen LogP) is 1.66. The molecule has 13 heavy (non-hydrogen) atoms. The van der Waals surface area contributed by atoms with Crippen molar-refractivity contribution in [2.45, 2.75) is 44.7 Å². The van der Waals surface area contributed by atoms with Crippen molar-refractivity contribution in [1.82, 2.24) is 5.32 Å². The zero-order chi connectivity index (χ0) is 9.26. The van der Waals surface area contributed by atoms with Crippen LogP contribution >= 0.6 is 0 Å². The van der Waals surface area contributed by atoms with Gasteiger partial charge in [-0.2, -0.15) is 0 Å². The molecule has 0 aromatic rings. The topological polar surface area (TPSA) is 29.1 Å². The number of allylic oxidation sites excluding steroid dienone is 2. The Kier molecular flexibility index (Phi) is 2.49. The molecule has 2 atom stereocenters. The molecule has 0 aromatic heterocycles. The standard InChI is InChI=1S/C11H17NO/c1-2-3-11(13)8-6-9-4-5-10(7-8)12-9/h2-3,8-10,12H,4-7H2,1H3/b3-2-. The van der Waals surface area contributed by atoms with Crippen LogP contribution < -0.4 is 5.32 Å². The Morgan fingerprint density at radius 2 is 1.92 bits per heavy atom. The molecule has 0 aliphatic carbocycles. The van der Waals surface area contributed by atoms with E-state index in [9.17, 15) is 4.79 Å². The average Bonchev–Trinajstić information content (AvgIpc) is 2.46. The van der Waals surface area contributed by atoms with Gasteiger partial charge in [-0.3, -0.25) is 4.79 Å². The first-order valence-electron chi connectivity index (χ1n) is 5.22. The quantitative estimate of drug-likeness (QED) is 0.653. The van der Waals surface area contributed by atoms with Crippen LogP contribution in [0.25, 0.3) is 0 Å². The van der Waals surface area contributed by atoms with Gasteiger partial charge in [0.15, 0.2) is 5.78 Å². The lowest BCUT2D eigenvalue weighted by molar-refractivity contribution is -0.119. The van der Waals surface area contributed by atoms with Gasteiger partial charge in [0.05, 0.1) is 0 Å². The Morgan fingerprint density at radius 3 is 2.46 bits per heavy atom. The molecule has 2 heteroatoms. The van der Waals surface area contributed by atoms with Gasteiger partial charge < -0.3 is 5.32 Å². The van der Waals surface area contributed by atoms with Gasteiger partial charge in [-0.15, -0.1) is 0 Å². The Labute approximate surface area is 79.4 Å². The highest BCUT2D eigenvalue weighted by molar-refractivity contribution is 5.91. The molecule has 0 aromatic carbocycles. The second kappa shape index (κ2) is 3.62. The molecule has 2 unspecified atom stereocenters. The van der Waals surface area contributed by atoms with Crippen LogP contribution in [0.1, 0.15) is 32.6 Å². The summed E-state index contributed by atoms with van der Waals surface area (Å²) in [5.74, 6) is 0.635. The first-order valence-corrected chi connectivity index (χ1v) is 5.22. The number of hydrogen-bond donors (Lipinski definition) is 1. The van der Waals surface area contributed by atoms with Crippen molar-refractivity contribution in [2.24, 2.45) is 5.92 Å². The summed E-state index contributed by atoms with van der Waals surface area (Å²) in [5.41, 5.74) is 0. The van der Waals surface area contributed by atoms with Gasteiger partial charge in [0.25, 0.3) is 0 Å². The van der Waals surface area contributed by atoms with Gasteiger partial charge in [-0.1, -0.05) is 6.08 Å². The van der Waals surface area contributed by atoms with Gasteiger partial charge in [0, 0.05) is 18.0 Å². The summed E-state index contributed by atoms with van der Waals surface area (Å²) in [6.45, 7) is 1.91. The maximum Gasteiger partial charge on any atom is 0.158 e. The fraction of sp³-hybridized carbons (Fsp3) is 0.727. The second-order valence-electron chi connectivity index (χ2n) is 4.21. The SMILES string of the molecule is C/C=C\C(=O)C1CC2CCC(C1)N2. The number of carbonyl (C=O) groups is 1. The van der Waals surface area contributed by atoms with Gasteiger partial charge in [-0.25, -0.2) is 0 Å². The molecule has 2 bridgehead atoms. The zero-order valence-electron chi connectivity index (χ0n) is 8.12. The molecule has 2 fully saturated rings. The highest BCUT2D eigenvalue weighted by Gasteiger charge is 2.35. The summed E-state index contributed by atoms with van der Waals surface area (Å²) < 4.78 is 0. The van der Waals surface area contributed by atoms with Crippen LogP contribution in [0, 0.1) is 5.92 Å². The molecule has 0 spiro atoms. The molecule has 0 amide bonds. The Balaban J connectivity index is 1.98. The predicted molar refractivity (Wildman–Crippen MR) is 52.5 cm³/mol. The lowest BCUT2D eigenvalue weighted by Gasteiger charge is -2.27. The Bertz CT molecular complexity index is 222. The van der Waals surface area contributed by atoms with Crippen molar-refractivity contribution in [3.8, 4) is 0 Å². The maximum atomic E-state index is 11.6. The van der Waals surface area contributed by atoms with Crippen LogP contribution in [0.5, 0.6) is 0 Å². The summed E-state index contributed by atoms with van der Waals surface area (Å²) in [6.07, 6.45) is 8.23. The molecule has 72 valence electrons. The van der Waals surface area contributed by atoms with Crippen LogP contribution in [0.3, 0.4) is 0 Å². The zero-order valence-corrected chi connectivity index (χ0v) is 8.12. The third-order valence-corrected chi connectivity index (χ3v) is 3.21. The van der Waals surface area contributed by atoms with Crippen molar-refractivity contribution in [3.63, 3.8) is 0 Å².